The molecule has 2 amide bonds. The predicted octanol–water partition coefficient (Wildman–Crippen LogP) is 4.40. The van der Waals surface area contributed by atoms with Gasteiger partial charge in [0.1, 0.15) is 5.54 Å². The van der Waals surface area contributed by atoms with E-state index in [1.54, 1.807) is 38.1 Å². The number of hydrogen-bond acceptors (Lipinski definition) is 6. The number of halogens is 2. The molecule has 2 N–H and O–H groups in total. The van der Waals surface area contributed by atoms with Crippen LogP contribution in [0.4, 0.5) is 16.2 Å². The van der Waals surface area contributed by atoms with E-state index < -0.39 is 17.5 Å². The summed E-state index contributed by atoms with van der Waals surface area (Å²) in [7, 11) is 0. The highest BCUT2D eigenvalue weighted by molar-refractivity contribution is 7.17. The Hall–Kier alpha value is -2.00. The molecule has 1 saturated heterocycles. The molecular formula is C19H21Cl2N3O4S. The molecule has 10 heteroatoms. The molecule has 1 aliphatic rings. The molecule has 7 nitrogen and oxygen atoms in total. The lowest BCUT2D eigenvalue weighted by Crippen LogP contribution is -2.53. The van der Waals surface area contributed by atoms with Crippen molar-refractivity contribution < 1.29 is 19.1 Å². The van der Waals surface area contributed by atoms with E-state index in [4.69, 9.17) is 32.7 Å². The van der Waals surface area contributed by atoms with Gasteiger partial charge >= 0.3 is 6.09 Å². The van der Waals surface area contributed by atoms with Crippen LogP contribution in [0.5, 0.6) is 5.06 Å². The van der Waals surface area contributed by atoms with Crippen LogP contribution < -0.4 is 20.3 Å². The van der Waals surface area contributed by atoms with Crippen LogP contribution in [0.1, 0.15) is 13.8 Å². The van der Waals surface area contributed by atoms with E-state index in [2.05, 4.69) is 15.5 Å². The Morgan fingerprint density at radius 3 is 2.52 bits per heavy atom. The van der Waals surface area contributed by atoms with Gasteiger partial charge in [0.15, 0.2) is 5.06 Å². The molecule has 0 aliphatic carbocycles. The highest BCUT2D eigenvalue weighted by Crippen LogP contribution is 2.30. The van der Waals surface area contributed by atoms with Gasteiger partial charge in [-0.3, -0.25) is 4.79 Å². The van der Waals surface area contributed by atoms with Gasteiger partial charge in [0.2, 0.25) is 5.91 Å². The summed E-state index contributed by atoms with van der Waals surface area (Å²) < 4.78 is 11.0. The molecule has 0 unspecified atom stereocenters. The number of rotatable bonds is 5. The van der Waals surface area contributed by atoms with E-state index in [-0.39, 0.29) is 0 Å². The van der Waals surface area contributed by atoms with Gasteiger partial charge in [-0.15, -0.1) is 0 Å². The lowest BCUT2D eigenvalue weighted by molar-refractivity contribution is -0.121. The maximum absolute atomic E-state index is 12.7. The monoisotopic (exact) mass is 457 g/mol. The van der Waals surface area contributed by atoms with Crippen molar-refractivity contribution >= 4 is 57.9 Å². The lowest BCUT2D eigenvalue weighted by atomic mass is 10.0. The summed E-state index contributed by atoms with van der Waals surface area (Å²) in [5.41, 5.74) is 0.210. The largest absolute Gasteiger partial charge is 0.414 e. The standard InChI is InChI=1S/C19H21Cl2N3O4S/c1-19(2,23-18(26)28-16-6-5-15(21)29-16)17(25)22-12-3-4-14(13(20)11-12)24-7-9-27-10-8-24/h3-6,11H,7-10H2,1-2H3,(H,22,25)(H,23,26). The Bertz CT molecular complexity index is 897. The van der Waals surface area contributed by atoms with Crippen molar-refractivity contribution in [3.8, 4) is 5.06 Å². The number of thiophene rings is 1. The van der Waals surface area contributed by atoms with Gasteiger partial charge in [-0.2, -0.15) is 0 Å². The van der Waals surface area contributed by atoms with Crippen LogP contribution in [0.3, 0.4) is 0 Å². The van der Waals surface area contributed by atoms with E-state index >= 15 is 0 Å². The third-order valence-corrected chi connectivity index (χ3v) is 5.69. The molecule has 3 rings (SSSR count). The third-order valence-electron chi connectivity index (χ3n) is 4.28. The molecule has 1 aromatic heterocycles. The number of amides is 2. The zero-order valence-corrected chi connectivity index (χ0v) is 18.3. The third kappa shape index (κ3) is 5.76. The van der Waals surface area contributed by atoms with E-state index in [0.717, 1.165) is 30.1 Å². The van der Waals surface area contributed by atoms with Crippen LogP contribution in [0, 0.1) is 0 Å². The number of ether oxygens (including phenoxy) is 2. The fourth-order valence-corrected chi connectivity index (χ4v) is 3.89. The zero-order valence-electron chi connectivity index (χ0n) is 16.0. The van der Waals surface area contributed by atoms with Crippen molar-refractivity contribution in [3.63, 3.8) is 0 Å². The minimum Gasteiger partial charge on any atom is -0.399 e. The quantitative estimate of drug-likeness (QED) is 0.695. The lowest BCUT2D eigenvalue weighted by Gasteiger charge is -2.30. The van der Waals surface area contributed by atoms with Crippen LogP contribution in [-0.2, 0) is 9.53 Å². The van der Waals surface area contributed by atoms with Gasteiger partial charge in [-0.25, -0.2) is 4.79 Å². The number of benzene rings is 1. The van der Waals surface area contributed by atoms with Crippen LogP contribution >= 0.6 is 34.5 Å². The highest BCUT2D eigenvalue weighted by atomic mass is 35.5. The number of hydrogen-bond donors (Lipinski definition) is 2. The molecule has 156 valence electrons. The van der Waals surface area contributed by atoms with Crippen LogP contribution in [0.2, 0.25) is 9.36 Å². The fourth-order valence-electron chi connectivity index (χ4n) is 2.71. The van der Waals surface area contributed by atoms with Crippen molar-refractivity contribution in [2.75, 3.05) is 36.5 Å². The Balaban J connectivity index is 1.60. The fraction of sp³-hybridized carbons (Fsp3) is 0.368. The minimum atomic E-state index is -1.21. The summed E-state index contributed by atoms with van der Waals surface area (Å²) in [5.74, 6) is -0.408. The van der Waals surface area contributed by atoms with E-state index in [9.17, 15) is 9.59 Å². The molecule has 2 heterocycles. The topological polar surface area (TPSA) is 79.9 Å². The molecule has 0 radical (unpaired) electrons. The zero-order chi connectivity index (χ0) is 21.0. The molecule has 29 heavy (non-hydrogen) atoms. The number of carbonyl (C=O) groups is 2. The summed E-state index contributed by atoms with van der Waals surface area (Å²) in [6, 6.07) is 8.52. The molecule has 1 aliphatic heterocycles. The summed E-state index contributed by atoms with van der Waals surface area (Å²) in [6.07, 6.45) is -0.746. The number of morpholine rings is 1. The minimum absolute atomic E-state index is 0.342. The van der Waals surface area contributed by atoms with Crippen molar-refractivity contribution in [2.45, 2.75) is 19.4 Å². The average Bonchev–Trinajstić information content (AvgIpc) is 3.06. The summed E-state index contributed by atoms with van der Waals surface area (Å²) >= 11 is 13.3. The van der Waals surface area contributed by atoms with Gasteiger partial charge in [0.05, 0.1) is 28.3 Å². The molecule has 1 fully saturated rings. The molecular weight excluding hydrogens is 437 g/mol. The predicted molar refractivity (Wildman–Crippen MR) is 116 cm³/mol. The molecule has 0 atom stereocenters. The van der Waals surface area contributed by atoms with Gasteiger partial charge < -0.3 is 25.0 Å². The summed E-state index contributed by atoms with van der Waals surface area (Å²) in [6.45, 7) is 5.99. The van der Waals surface area contributed by atoms with Crippen LogP contribution in [-0.4, -0.2) is 43.8 Å². The smallest absolute Gasteiger partial charge is 0.399 e. The van der Waals surface area contributed by atoms with Gasteiger partial charge in [0.25, 0.3) is 0 Å². The first kappa shape index (κ1) is 21.7. The highest BCUT2D eigenvalue weighted by Gasteiger charge is 2.31. The van der Waals surface area contributed by atoms with Crippen LogP contribution in [0.25, 0.3) is 0 Å². The Kier molecular flexibility index (Phi) is 6.89. The number of nitrogens with zero attached hydrogens (tertiary/aromatic N) is 1. The molecule has 0 spiro atoms. The first-order valence-corrected chi connectivity index (χ1v) is 10.5. The Morgan fingerprint density at radius 2 is 1.90 bits per heavy atom. The van der Waals surface area contributed by atoms with E-state index in [1.807, 2.05) is 6.07 Å². The number of anilines is 2. The van der Waals surface area contributed by atoms with Gasteiger partial charge in [-0.05, 0) is 44.2 Å². The van der Waals surface area contributed by atoms with E-state index in [0.29, 0.717) is 33.3 Å². The number of carbonyl (C=O) groups excluding carboxylic acids is 2. The Labute approximate surface area is 182 Å². The SMILES string of the molecule is CC(C)(NC(=O)Oc1ccc(Cl)s1)C(=O)Nc1ccc(N2CCOCC2)c(Cl)c1. The second-order valence-electron chi connectivity index (χ2n) is 6.92. The molecule has 1 aromatic carbocycles. The summed E-state index contributed by atoms with van der Waals surface area (Å²) in [4.78, 5) is 26.9. The first-order valence-electron chi connectivity index (χ1n) is 8.93. The van der Waals surface area contributed by atoms with Crippen molar-refractivity contribution in [1.29, 1.82) is 0 Å². The maximum Gasteiger partial charge on any atom is 0.414 e. The maximum atomic E-state index is 12.7. The van der Waals surface area contributed by atoms with Crippen LogP contribution in [0.15, 0.2) is 30.3 Å². The van der Waals surface area contributed by atoms with Gasteiger partial charge in [-0.1, -0.05) is 34.5 Å². The van der Waals surface area contributed by atoms with Gasteiger partial charge in [0, 0.05) is 18.8 Å². The number of nitrogens with one attached hydrogen (secondary N) is 2. The average molecular weight is 458 g/mol. The molecule has 0 saturated carbocycles. The summed E-state index contributed by atoms with van der Waals surface area (Å²) in [5, 5.41) is 6.19. The van der Waals surface area contributed by atoms with Crippen molar-refractivity contribution in [1.82, 2.24) is 5.32 Å². The molecule has 2 aromatic rings. The first-order chi connectivity index (χ1) is 13.7. The van der Waals surface area contributed by atoms with Crippen molar-refractivity contribution in [2.24, 2.45) is 0 Å². The van der Waals surface area contributed by atoms with E-state index in [1.165, 1.54) is 0 Å². The second kappa shape index (κ2) is 9.21. The second-order valence-corrected chi connectivity index (χ2v) is 9.00. The Morgan fingerprint density at radius 1 is 1.17 bits per heavy atom. The molecule has 0 bridgehead atoms. The van der Waals surface area contributed by atoms with Crippen molar-refractivity contribution in [3.05, 3.63) is 39.7 Å². The normalized spacial score (nSPS) is 14.4.